The van der Waals surface area contributed by atoms with Gasteiger partial charge in [-0.05, 0) is 23.8 Å². The fourth-order valence-corrected chi connectivity index (χ4v) is 2.96. The Morgan fingerprint density at radius 1 is 1.28 bits per heavy atom. The lowest BCUT2D eigenvalue weighted by Crippen LogP contribution is -2.58. The van der Waals surface area contributed by atoms with Gasteiger partial charge in [0, 0.05) is 25.1 Å². The minimum atomic E-state index is -0.617. The number of benzene rings is 2. The van der Waals surface area contributed by atoms with Gasteiger partial charge in [-0.1, -0.05) is 30.3 Å². The molecule has 25 heavy (non-hydrogen) atoms. The molecule has 3 rings (SSSR count). The van der Waals surface area contributed by atoms with E-state index in [2.05, 4.69) is 5.32 Å². The number of halogens is 1. The fourth-order valence-electron chi connectivity index (χ4n) is 2.96. The number of rotatable bonds is 4. The van der Waals surface area contributed by atoms with Gasteiger partial charge in [0.15, 0.2) is 11.6 Å². The maximum Gasteiger partial charge on any atom is 0.254 e. The molecule has 0 spiro atoms. The quantitative estimate of drug-likeness (QED) is 0.925. The molecule has 0 aliphatic carbocycles. The number of ether oxygens (including phenoxy) is 1. The van der Waals surface area contributed by atoms with Crippen LogP contribution in [0, 0.1) is 5.82 Å². The minimum Gasteiger partial charge on any atom is -0.494 e. The van der Waals surface area contributed by atoms with Crippen molar-refractivity contribution in [2.45, 2.75) is 12.5 Å². The number of carbonyl (C=O) groups is 2. The van der Waals surface area contributed by atoms with Crippen LogP contribution in [0.3, 0.4) is 0 Å². The summed E-state index contributed by atoms with van der Waals surface area (Å²) in [6.45, 7) is 0.768. The van der Waals surface area contributed by atoms with Gasteiger partial charge in [-0.25, -0.2) is 4.39 Å². The van der Waals surface area contributed by atoms with Crippen molar-refractivity contribution in [3.05, 3.63) is 65.5 Å². The first-order valence-electron chi connectivity index (χ1n) is 8.06. The molecule has 0 aromatic heterocycles. The summed E-state index contributed by atoms with van der Waals surface area (Å²) >= 11 is 0. The van der Waals surface area contributed by atoms with Gasteiger partial charge < -0.3 is 15.0 Å². The first-order chi connectivity index (χ1) is 12.1. The zero-order valence-corrected chi connectivity index (χ0v) is 13.9. The van der Waals surface area contributed by atoms with Crippen molar-refractivity contribution in [1.82, 2.24) is 10.2 Å². The molecule has 130 valence electrons. The Bertz CT molecular complexity index is 779. The highest BCUT2D eigenvalue weighted by Crippen LogP contribution is 2.21. The molecule has 1 aliphatic heterocycles. The molecule has 6 heteroatoms. The molecular formula is C19H19FN2O3. The van der Waals surface area contributed by atoms with Gasteiger partial charge in [0.25, 0.3) is 5.91 Å². The Kier molecular flexibility index (Phi) is 4.97. The van der Waals surface area contributed by atoms with Gasteiger partial charge in [0.1, 0.15) is 6.04 Å². The van der Waals surface area contributed by atoms with E-state index in [0.29, 0.717) is 19.5 Å². The number of carbonyl (C=O) groups excluding carboxylic acids is 2. The predicted molar refractivity (Wildman–Crippen MR) is 90.9 cm³/mol. The van der Waals surface area contributed by atoms with Crippen LogP contribution in [0.2, 0.25) is 0 Å². The van der Waals surface area contributed by atoms with Crippen molar-refractivity contribution < 1.29 is 18.7 Å². The largest absolute Gasteiger partial charge is 0.494 e. The van der Waals surface area contributed by atoms with E-state index in [0.717, 1.165) is 11.6 Å². The Morgan fingerprint density at radius 2 is 2.04 bits per heavy atom. The molecule has 1 N–H and O–H groups in total. The number of methoxy groups -OCH3 is 1. The average Bonchev–Trinajstić information content (AvgIpc) is 2.63. The van der Waals surface area contributed by atoms with Crippen LogP contribution < -0.4 is 10.1 Å². The monoisotopic (exact) mass is 342 g/mol. The molecule has 0 unspecified atom stereocenters. The highest BCUT2D eigenvalue weighted by atomic mass is 19.1. The van der Waals surface area contributed by atoms with Gasteiger partial charge in [0.2, 0.25) is 5.91 Å². The van der Waals surface area contributed by atoms with Crippen LogP contribution in [0.5, 0.6) is 5.75 Å². The second-order valence-electron chi connectivity index (χ2n) is 5.84. The molecule has 2 amide bonds. The molecular weight excluding hydrogens is 323 g/mol. The highest BCUT2D eigenvalue weighted by molar-refractivity contribution is 5.98. The lowest BCUT2D eigenvalue weighted by Gasteiger charge is -2.35. The van der Waals surface area contributed by atoms with E-state index in [-0.39, 0.29) is 23.1 Å². The zero-order chi connectivity index (χ0) is 17.8. The first kappa shape index (κ1) is 17.0. The van der Waals surface area contributed by atoms with Crippen LogP contribution >= 0.6 is 0 Å². The first-order valence-corrected chi connectivity index (χ1v) is 8.06. The summed E-state index contributed by atoms with van der Waals surface area (Å²) in [5.41, 5.74) is 1.16. The molecule has 0 radical (unpaired) electrons. The van der Waals surface area contributed by atoms with Crippen molar-refractivity contribution in [3.63, 3.8) is 0 Å². The van der Waals surface area contributed by atoms with Crippen molar-refractivity contribution in [2.24, 2.45) is 0 Å². The summed E-state index contributed by atoms with van der Waals surface area (Å²) in [5, 5.41) is 2.79. The summed E-state index contributed by atoms with van der Waals surface area (Å²) in [7, 11) is 1.37. The normalized spacial score (nSPS) is 17.1. The standard InChI is InChI=1S/C19H19FN2O3/c1-25-17-8-7-14(12-15(17)20)19(24)22-10-9-21-18(23)16(22)11-13-5-3-2-4-6-13/h2-8,12,16H,9-11H2,1H3,(H,21,23)/t16-/m0/s1. The zero-order valence-electron chi connectivity index (χ0n) is 13.9. The van der Waals surface area contributed by atoms with Crippen LogP contribution in [0.1, 0.15) is 15.9 Å². The number of piperazine rings is 1. The van der Waals surface area contributed by atoms with Crippen LogP contribution in [-0.2, 0) is 11.2 Å². The van der Waals surface area contributed by atoms with Crippen LogP contribution in [0.25, 0.3) is 0 Å². The molecule has 1 atom stereocenters. The highest BCUT2D eigenvalue weighted by Gasteiger charge is 2.33. The van der Waals surface area contributed by atoms with Crippen molar-refractivity contribution in [3.8, 4) is 5.75 Å². The van der Waals surface area contributed by atoms with Crippen molar-refractivity contribution in [1.29, 1.82) is 0 Å². The van der Waals surface area contributed by atoms with E-state index < -0.39 is 11.9 Å². The Morgan fingerprint density at radius 3 is 2.72 bits per heavy atom. The third-order valence-corrected chi connectivity index (χ3v) is 4.26. The van der Waals surface area contributed by atoms with Crippen LogP contribution in [0.4, 0.5) is 4.39 Å². The van der Waals surface area contributed by atoms with Crippen LogP contribution in [-0.4, -0.2) is 43.0 Å². The molecule has 2 aromatic rings. The Labute approximate surface area is 145 Å². The third-order valence-electron chi connectivity index (χ3n) is 4.26. The average molecular weight is 342 g/mol. The second-order valence-corrected chi connectivity index (χ2v) is 5.84. The number of hydrogen-bond donors (Lipinski definition) is 1. The summed E-state index contributed by atoms with van der Waals surface area (Å²) in [4.78, 5) is 26.7. The number of amides is 2. The third kappa shape index (κ3) is 3.63. The minimum absolute atomic E-state index is 0.0776. The number of nitrogens with zero attached hydrogens (tertiary/aromatic N) is 1. The maximum atomic E-state index is 13.9. The smallest absolute Gasteiger partial charge is 0.254 e. The molecule has 0 saturated carbocycles. The Hall–Kier alpha value is -2.89. The molecule has 2 aromatic carbocycles. The van der Waals surface area contributed by atoms with E-state index in [1.54, 1.807) is 0 Å². The van der Waals surface area contributed by atoms with Gasteiger partial charge >= 0.3 is 0 Å². The van der Waals surface area contributed by atoms with Crippen molar-refractivity contribution in [2.75, 3.05) is 20.2 Å². The fraction of sp³-hybridized carbons (Fsp3) is 0.263. The molecule has 1 aliphatic rings. The van der Waals surface area contributed by atoms with Crippen molar-refractivity contribution >= 4 is 11.8 Å². The molecule has 0 bridgehead atoms. The molecule has 1 heterocycles. The van der Waals surface area contributed by atoms with Gasteiger partial charge in [-0.3, -0.25) is 9.59 Å². The second kappa shape index (κ2) is 7.34. The lowest BCUT2D eigenvalue weighted by atomic mass is 10.0. The summed E-state index contributed by atoms with van der Waals surface area (Å²) in [6.07, 6.45) is 0.414. The number of hydrogen-bond acceptors (Lipinski definition) is 3. The number of nitrogens with one attached hydrogen (secondary N) is 1. The van der Waals surface area contributed by atoms with Gasteiger partial charge in [-0.2, -0.15) is 0 Å². The lowest BCUT2D eigenvalue weighted by molar-refractivity contribution is -0.127. The molecule has 1 saturated heterocycles. The van der Waals surface area contributed by atoms with Gasteiger partial charge in [0.05, 0.1) is 7.11 Å². The summed E-state index contributed by atoms with van der Waals surface area (Å²) in [5.74, 6) is -1.09. The van der Waals surface area contributed by atoms with E-state index in [9.17, 15) is 14.0 Å². The summed E-state index contributed by atoms with van der Waals surface area (Å²) < 4.78 is 18.8. The SMILES string of the molecule is COc1ccc(C(=O)N2CCNC(=O)[C@@H]2Cc2ccccc2)cc1F. The van der Waals surface area contributed by atoms with E-state index in [1.807, 2.05) is 30.3 Å². The van der Waals surface area contributed by atoms with E-state index >= 15 is 0 Å². The molecule has 5 nitrogen and oxygen atoms in total. The van der Waals surface area contributed by atoms with Gasteiger partial charge in [-0.15, -0.1) is 0 Å². The Balaban J connectivity index is 1.85. The topological polar surface area (TPSA) is 58.6 Å². The summed E-state index contributed by atoms with van der Waals surface area (Å²) in [6, 6.07) is 13.0. The van der Waals surface area contributed by atoms with E-state index in [4.69, 9.17) is 4.74 Å². The predicted octanol–water partition coefficient (Wildman–Crippen LogP) is 2.02. The maximum absolute atomic E-state index is 13.9. The van der Waals surface area contributed by atoms with E-state index in [1.165, 1.54) is 24.1 Å². The molecule has 1 fully saturated rings. The van der Waals surface area contributed by atoms with Crippen LogP contribution in [0.15, 0.2) is 48.5 Å².